The molecule has 0 fully saturated rings. The minimum atomic E-state index is 0.655. The fraction of sp³-hybridized carbons (Fsp3) is 0.455. The van der Waals surface area contributed by atoms with Gasteiger partial charge in [0, 0.05) is 13.7 Å². The molecule has 0 aliphatic carbocycles. The van der Waals surface area contributed by atoms with Crippen molar-refractivity contribution in [3.05, 3.63) is 58.1 Å². The molecule has 138 valence electrons. The second-order valence-corrected chi connectivity index (χ2v) is 7.21. The summed E-state index contributed by atoms with van der Waals surface area (Å²) in [6, 6.07) is 10.9. The number of nitrogens with zero attached hydrogens (tertiary/aromatic N) is 1. The minimum Gasteiger partial charge on any atom is -0.490 e. The zero-order valence-electron chi connectivity index (χ0n) is 15.8. The zero-order valence-corrected chi connectivity index (χ0v) is 15.8. The summed E-state index contributed by atoms with van der Waals surface area (Å²) in [6.45, 7) is 7.60. The van der Waals surface area contributed by atoms with Crippen molar-refractivity contribution in [2.45, 2.75) is 32.9 Å². The fourth-order valence-electron chi connectivity index (χ4n) is 4.27. The predicted octanol–water partition coefficient (Wildman–Crippen LogP) is 3.23. The van der Waals surface area contributed by atoms with Crippen LogP contribution in [0.5, 0.6) is 5.75 Å². The average Bonchev–Trinajstić information content (AvgIpc) is 2.89. The first kappa shape index (κ1) is 17.4. The Hall–Kier alpha value is -2.04. The van der Waals surface area contributed by atoms with E-state index in [9.17, 15) is 0 Å². The van der Waals surface area contributed by atoms with Gasteiger partial charge in [-0.1, -0.05) is 24.3 Å². The van der Waals surface area contributed by atoms with Gasteiger partial charge in [-0.2, -0.15) is 0 Å². The molecular formula is C22H28N2O2. The van der Waals surface area contributed by atoms with E-state index in [2.05, 4.69) is 47.5 Å². The average molecular weight is 352 g/mol. The summed E-state index contributed by atoms with van der Waals surface area (Å²) in [6.07, 6.45) is 2.19. The first-order chi connectivity index (χ1) is 12.8. The van der Waals surface area contributed by atoms with E-state index in [1.54, 1.807) is 7.11 Å². The van der Waals surface area contributed by atoms with Gasteiger partial charge in [-0.25, -0.2) is 0 Å². The fourth-order valence-corrected chi connectivity index (χ4v) is 4.27. The molecule has 0 aromatic heterocycles. The molecule has 0 spiro atoms. The lowest BCUT2D eigenvalue weighted by Crippen LogP contribution is -2.33. The van der Waals surface area contributed by atoms with Crippen LogP contribution in [-0.2, 0) is 30.7 Å². The molecule has 0 atom stereocenters. The molecule has 2 aromatic carbocycles. The van der Waals surface area contributed by atoms with Crippen molar-refractivity contribution in [3.8, 4) is 5.75 Å². The standard InChI is InChI=1S/C22H28N2O2/c1-16-20-8-10-23-9-7-17(20)13-21-22(16)24(11-12-26-21)14-18-5-3-4-6-19(18)15-25-2/h3-6,13,23H,7-12,14-15H2,1-2H3. The quantitative estimate of drug-likeness (QED) is 0.916. The smallest absolute Gasteiger partial charge is 0.143 e. The number of fused-ring (bicyclic) bond motifs is 2. The molecule has 4 nitrogen and oxygen atoms in total. The molecule has 0 amide bonds. The van der Waals surface area contributed by atoms with Crippen LogP contribution >= 0.6 is 0 Å². The Kier molecular flexibility index (Phi) is 5.14. The summed E-state index contributed by atoms with van der Waals surface area (Å²) < 4.78 is 11.5. The van der Waals surface area contributed by atoms with Gasteiger partial charge in [0.25, 0.3) is 0 Å². The zero-order chi connectivity index (χ0) is 17.9. The third kappa shape index (κ3) is 3.31. The molecule has 0 saturated heterocycles. The Morgan fingerprint density at radius 2 is 1.96 bits per heavy atom. The number of ether oxygens (including phenoxy) is 2. The lowest BCUT2D eigenvalue weighted by Gasteiger charge is -2.34. The number of benzene rings is 2. The molecule has 4 heteroatoms. The van der Waals surface area contributed by atoms with Gasteiger partial charge in [0.1, 0.15) is 12.4 Å². The van der Waals surface area contributed by atoms with Crippen LogP contribution in [-0.4, -0.2) is 33.4 Å². The maximum atomic E-state index is 6.07. The molecule has 2 heterocycles. The predicted molar refractivity (Wildman–Crippen MR) is 105 cm³/mol. The van der Waals surface area contributed by atoms with Gasteiger partial charge in [-0.15, -0.1) is 0 Å². The molecule has 26 heavy (non-hydrogen) atoms. The van der Waals surface area contributed by atoms with E-state index in [1.807, 2.05) is 0 Å². The van der Waals surface area contributed by atoms with Crippen molar-refractivity contribution in [3.63, 3.8) is 0 Å². The molecule has 1 N–H and O–H groups in total. The molecule has 0 unspecified atom stereocenters. The van der Waals surface area contributed by atoms with Gasteiger partial charge < -0.3 is 19.7 Å². The van der Waals surface area contributed by atoms with Crippen LogP contribution in [0.25, 0.3) is 0 Å². The van der Waals surface area contributed by atoms with Gasteiger partial charge in [-0.3, -0.25) is 0 Å². The van der Waals surface area contributed by atoms with Gasteiger partial charge in [-0.05, 0) is 66.7 Å². The number of anilines is 1. The Bertz CT molecular complexity index is 788. The molecule has 0 radical (unpaired) electrons. The summed E-state index contributed by atoms with van der Waals surface area (Å²) in [5.41, 5.74) is 8.23. The lowest BCUT2D eigenvalue weighted by molar-refractivity contribution is 0.184. The molecule has 0 saturated carbocycles. The Balaban J connectivity index is 1.70. The number of hydrogen-bond acceptors (Lipinski definition) is 4. The second kappa shape index (κ2) is 7.68. The summed E-state index contributed by atoms with van der Waals surface area (Å²) in [4.78, 5) is 2.49. The van der Waals surface area contributed by atoms with Crippen molar-refractivity contribution in [2.75, 3.05) is 38.3 Å². The number of methoxy groups -OCH3 is 1. The van der Waals surface area contributed by atoms with Gasteiger partial charge in [0.05, 0.1) is 18.8 Å². The third-order valence-corrected chi connectivity index (χ3v) is 5.57. The van der Waals surface area contributed by atoms with Crippen molar-refractivity contribution < 1.29 is 9.47 Å². The van der Waals surface area contributed by atoms with Crippen LogP contribution < -0.4 is 15.0 Å². The van der Waals surface area contributed by atoms with E-state index < -0.39 is 0 Å². The lowest BCUT2D eigenvalue weighted by atomic mass is 9.94. The van der Waals surface area contributed by atoms with E-state index in [4.69, 9.17) is 9.47 Å². The summed E-state index contributed by atoms with van der Waals surface area (Å²) in [5, 5.41) is 3.52. The van der Waals surface area contributed by atoms with E-state index in [1.165, 1.54) is 33.5 Å². The number of nitrogens with one attached hydrogen (secondary N) is 1. The van der Waals surface area contributed by atoms with E-state index in [0.717, 1.165) is 51.4 Å². The highest BCUT2D eigenvalue weighted by Gasteiger charge is 2.25. The highest BCUT2D eigenvalue weighted by atomic mass is 16.5. The first-order valence-corrected chi connectivity index (χ1v) is 9.57. The summed E-state index contributed by atoms with van der Waals surface area (Å²) in [7, 11) is 1.76. The molecule has 2 aliphatic heterocycles. The monoisotopic (exact) mass is 352 g/mol. The first-order valence-electron chi connectivity index (χ1n) is 9.57. The third-order valence-electron chi connectivity index (χ3n) is 5.57. The van der Waals surface area contributed by atoms with E-state index in [-0.39, 0.29) is 0 Å². The Morgan fingerprint density at radius 3 is 2.81 bits per heavy atom. The highest BCUT2D eigenvalue weighted by Crippen LogP contribution is 2.40. The van der Waals surface area contributed by atoms with Crippen LogP contribution in [0.4, 0.5) is 5.69 Å². The highest BCUT2D eigenvalue weighted by molar-refractivity contribution is 5.69. The number of hydrogen-bond donors (Lipinski definition) is 1. The van der Waals surface area contributed by atoms with Crippen molar-refractivity contribution >= 4 is 5.69 Å². The maximum Gasteiger partial charge on any atom is 0.143 e. The van der Waals surface area contributed by atoms with Crippen LogP contribution in [0.2, 0.25) is 0 Å². The van der Waals surface area contributed by atoms with Crippen molar-refractivity contribution in [1.29, 1.82) is 0 Å². The largest absolute Gasteiger partial charge is 0.490 e. The van der Waals surface area contributed by atoms with Crippen LogP contribution in [0, 0.1) is 6.92 Å². The van der Waals surface area contributed by atoms with Crippen LogP contribution in [0.1, 0.15) is 27.8 Å². The van der Waals surface area contributed by atoms with E-state index in [0.29, 0.717) is 6.61 Å². The van der Waals surface area contributed by atoms with Gasteiger partial charge in [0.15, 0.2) is 0 Å². The van der Waals surface area contributed by atoms with E-state index >= 15 is 0 Å². The summed E-state index contributed by atoms with van der Waals surface area (Å²) >= 11 is 0. The molecule has 0 bridgehead atoms. The van der Waals surface area contributed by atoms with Crippen LogP contribution in [0.15, 0.2) is 30.3 Å². The Morgan fingerprint density at radius 1 is 1.15 bits per heavy atom. The Labute approximate surface area is 156 Å². The molecule has 2 aliphatic rings. The van der Waals surface area contributed by atoms with Crippen molar-refractivity contribution in [1.82, 2.24) is 5.32 Å². The molecule has 2 aromatic rings. The molecule has 4 rings (SSSR count). The maximum absolute atomic E-state index is 6.07. The van der Waals surface area contributed by atoms with Crippen LogP contribution in [0.3, 0.4) is 0 Å². The van der Waals surface area contributed by atoms with Gasteiger partial charge >= 0.3 is 0 Å². The van der Waals surface area contributed by atoms with Gasteiger partial charge in [0.2, 0.25) is 0 Å². The number of rotatable bonds is 4. The minimum absolute atomic E-state index is 0.655. The SMILES string of the molecule is COCc1ccccc1CN1CCOc2cc3c(c(C)c21)CCNCC3. The topological polar surface area (TPSA) is 33.7 Å². The molecular weight excluding hydrogens is 324 g/mol. The summed E-state index contributed by atoms with van der Waals surface area (Å²) in [5.74, 6) is 1.05. The normalized spacial score (nSPS) is 16.5. The van der Waals surface area contributed by atoms with Crippen molar-refractivity contribution in [2.24, 2.45) is 0 Å². The second-order valence-electron chi connectivity index (χ2n) is 7.21.